The summed E-state index contributed by atoms with van der Waals surface area (Å²) in [6.07, 6.45) is 0.551. The largest absolute Gasteiger partial charge is 0.494 e. The average Bonchev–Trinajstić information content (AvgIpc) is 2.44. The van der Waals surface area contributed by atoms with E-state index in [0.717, 1.165) is 0 Å². The van der Waals surface area contributed by atoms with Crippen molar-refractivity contribution < 1.29 is 23.8 Å². The lowest BCUT2D eigenvalue weighted by atomic mass is 9.99. The van der Waals surface area contributed by atoms with Crippen molar-refractivity contribution in [2.75, 3.05) is 7.11 Å². The van der Waals surface area contributed by atoms with Crippen LogP contribution >= 0.6 is 0 Å². The number of amides is 1. The molecule has 0 saturated heterocycles. The molecule has 116 valence electrons. The summed E-state index contributed by atoms with van der Waals surface area (Å²) in [4.78, 5) is 23.0. The Labute approximate surface area is 123 Å². The van der Waals surface area contributed by atoms with E-state index in [1.54, 1.807) is 13.0 Å². The Bertz CT molecular complexity index is 518. The zero-order valence-electron chi connectivity index (χ0n) is 12.4. The van der Waals surface area contributed by atoms with Crippen LogP contribution in [0, 0.1) is 11.7 Å². The number of carbonyl (C=O) groups is 2. The van der Waals surface area contributed by atoms with Crippen LogP contribution in [0.2, 0.25) is 0 Å². The second kappa shape index (κ2) is 7.61. The highest BCUT2D eigenvalue weighted by molar-refractivity contribution is 5.85. The Balaban J connectivity index is 2.72. The number of halogens is 1. The summed E-state index contributed by atoms with van der Waals surface area (Å²) in [5.41, 5.74) is 0.457. The van der Waals surface area contributed by atoms with Crippen molar-refractivity contribution in [3.05, 3.63) is 29.6 Å². The molecule has 1 amide bonds. The van der Waals surface area contributed by atoms with Gasteiger partial charge in [0.2, 0.25) is 5.91 Å². The number of hydrogen-bond acceptors (Lipinski definition) is 3. The van der Waals surface area contributed by atoms with Gasteiger partial charge in [-0.2, -0.15) is 0 Å². The number of hydrogen-bond donors (Lipinski definition) is 2. The molecule has 0 heterocycles. The molecule has 0 saturated carbocycles. The normalized spacial score (nSPS) is 13.3. The van der Waals surface area contributed by atoms with Crippen molar-refractivity contribution in [2.45, 2.75) is 32.7 Å². The summed E-state index contributed by atoms with van der Waals surface area (Å²) < 4.78 is 18.3. The van der Waals surface area contributed by atoms with Crippen LogP contribution in [0.3, 0.4) is 0 Å². The van der Waals surface area contributed by atoms with Crippen molar-refractivity contribution in [1.82, 2.24) is 5.32 Å². The van der Waals surface area contributed by atoms with Crippen LogP contribution in [0.4, 0.5) is 4.39 Å². The zero-order chi connectivity index (χ0) is 16.0. The van der Waals surface area contributed by atoms with Crippen molar-refractivity contribution >= 4 is 11.9 Å². The number of benzene rings is 1. The van der Waals surface area contributed by atoms with Crippen LogP contribution in [-0.4, -0.2) is 30.1 Å². The zero-order valence-corrected chi connectivity index (χ0v) is 12.4. The monoisotopic (exact) mass is 297 g/mol. The lowest BCUT2D eigenvalue weighted by molar-refractivity contribution is -0.143. The van der Waals surface area contributed by atoms with Crippen molar-refractivity contribution in [3.63, 3.8) is 0 Å². The van der Waals surface area contributed by atoms with E-state index >= 15 is 0 Å². The number of aliphatic carboxylic acids is 1. The Morgan fingerprint density at radius 2 is 2.10 bits per heavy atom. The third-order valence-corrected chi connectivity index (χ3v) is 3.38. The number of carbonyl (C=O) groups excluding carboxylic acids is 1. The van der Waals surface area contributed by atoms with Gasteiger partial charge in [-0.25, -0.2) is 9.18 Å². The summed E-state index contributed by atoms with van der Waals surface area (Å²) >= 11 is 0. The Kier molecular flexibility index (Phi) is 6.14. The quantitative estimate of drug-likeness (QED) is 0.807. The molecule has 2 atom stereocenters. The molecular formula is C15H20FNO4. The first-order chi connectivity index (χ1) is 9.88. The first-order valence-corrected chi connectivity index (χ1v) is 6.73. The number of methoxy groups -OCH3 is 1. The molecule has 1 rings (SSSR count). The van der Waals surface area contributed by atoms with Gasteiger partial charge in [-0.05, 0) is 23.6 Å². The second-order valence-corrected chi connectivity index (χ2v) is 4.91. The molecule has 2 N–H and O–H groups in total. The molecule has 0 fully saturated rings. The molecule has 0 bridgehead atoms. The van der Waals surface area contributed by atoms with Gasteiger partial charge in [-0.1, -0.05) is 26.3 Å². The van der Waals surface area contributed by atoms with Gasteiger partial charge in [0.25, 0.3) is 0 Å². The van der Waals surface area contributed by atoms with Gasteiger partial charge in [0.15, 0.2) is 11.6 Å². The minimum atomic E-state index is -1.07. The fourth-order valence-electron chi connectivity index (χ4n) is 1.91. The smallest absolute Gasteiger partial charge is 0.326 e. The van der Waals surface area contributed by atoms with Crippen molar-refractivity contribution in [3.8, 4) is 5.75 Å². The summed E-state index contributed by atoms with van der Waals surface area (Å²) in [5.74, 6) is -2.16. The first kappa shape index (κ1) is 16.9. The number of ether oxygens (including phenoxy) is 1. The van der Waals surface area contributed by atoms with Crippen molar-refractivity contribution in [2.24, 2.45) is 5.92 Å². The number of carboxylic acids is 1. The molecule has 0 radical (unpaired) electrons. The van der Waals surface area contributed by atoms with Gasteiger partial charge in [0.1, 0.15) is 6.04 Å². The van der Waals surface area contributed by atoms with Gasteiger partial charge in [-0.3, -0.25) is 4.79 Å². The molecule has 1 aromatic carbocycles. The van der Waals surface area contributed by atoms with E-state index in [0.29, 0.717) is 12.0 Å². The van der Waals surface area contributed by atoms with E-state index < -0.39 is 23.7 Å². The van der Waals surface area contributed by atoms with Gasteiger partial charge >= 0.3 is 5.97 Å². The molecular weight excluding hydrogens is 277 g/mol. The molecule has 6 heteroatoms. The minimum absolute atomic E-state index is 0.0822. The fourth-order valence-corrected chi connectivity index (χ4v) is 1.91. The number of nitrogens with one attached hydrogen (secondary N) is 1. The molecule has 0 aliphatic rings. The van der Waals surface area contributed by atoms with Gasteiger partial charge in [0, 0.05) is 0 Å². The van der Waals surface area contributed by atoms with Crippen molar-refractivity contribution in [1.29, 1.82) is 0 Å². The average molecular weight is 297 g/mol. The summed E-state index contributed by atoms with van der Waals surface area (Å²) in [5, 5.41) is 11.6. The van der Waals surface area contributed by atoms with E-state index in [2.05, 4.69) is 5.32 Å². The summed E-state index contributed by atoms with van der Waals surface area (Å²) in [6.45, 7) is 3.61. The molecule has 1 aromatic rings. The summed E-state index contributed by atoms with van der Waals surface area (Å²) in [7, 11) is 1.36. The topological polar surface area (TPSA) is 75.6 Å². The third kappa shape index (κ3) is 4.73. The van der Waals surface area contributed by atoms with Crippen LogP contribution in [0.5, 0.6) is 5.75 Å². The van der Waals surface area contributed by atoms with E-state index in [-0.39, 0.29) is 18.1 Å². The molecule has 5 nitrogen and oxygen atoms in total. The molecule has 0 aliphatic carbocycles. The summed E-state index contributed by atoms with van der Waals surface area (Å²) in [6, 6.07) is 3.27. The Hall–Kier alpha value is -2.11. The lowest BCUT2D eigenvalue weighted by Crippen LogP contribution is -2.45. The standard InChI is InChI=1S/C15H20FNO4/c1-4-9(2)14(15(19)20)17-13(18)8-10-5-6-12(21-3)11(16)7-10/h5-7,9,14H,4,8H2,1-3H3,(H,17,18)(H,19,20)/t9-,14-/m0/s1. The highest BCUT2D eigenvalue weighted by Gasteiger charge is 2.25. The van der Waals surface area contributed by atoms with Crippen LogP contribution in [0.1, 0.15) is 25.8 Å². The highest BCUT2D eigenvalue weighted by atomic mass is 19.1. The second-order valence-electron chi connectivity index (χ2n) is 4.91. The molecule has 0 aromatic heterocycles. The number of rotatable bonds is 7. The van der Waals surface area contributed by atoms with Crippen LogP contribution < -0.4 is 10.1 Å². The maximum absolute atomic E-state index is 13.5. The molecule has 21 heavy (non-hydrogen) atoms. The van der Waals surface area contributed by atoms with Crippen LogP contribution in [0.25, 0.3) is 0 Å². The van der Waals surface area contributed by atoms with Gasteiger partial charge in [-0.15, -0.1) is 0 Å². The fraction of sp³-hybridized carbons (Fsp3) is 0.467. The highest BCUT2D eigenvalue weighted by Crippen LogP contribution is 2.18. The first-order valence-electron chi connectivity index (χ1n) is 6.73. The Morgan fingerprint density at radius 3 is 2.57 bits per heavy atom. The minimum Gasteiger partial charge on any atom is -0.494 e. The lowest BCUT2D eigenvalue weighted by Gasteiger charge is -2.20. The van der Waals surface area contributed by atoms with E-state index in [1.165, 1.54) is 19.2 Å². The maximum atomic E-state index is 13.5. The molecule has 0 spiro atoms. The third-order valence-electron chi connectivity index (χ3n) is 3.38. The van der Waals surface area contributed by atoms with E-state index in [4.69, 9.17) is 9.84 Å². The Morgan fingerprint density at radius 1 is 1.43 bits per heavy atom. The van der Waals surface area contributed by atoms with Gasteiger partial charge < -0.3 is 15.2 Å². The predicted octanol–water partition coefficient (Wildman–Crippen LogP) is 1.99. The van der Waals surface area contributed by atoms with Crippen LogP contribution in [0.15, 0.2) is 18.2 Å². The number of carboxylic acid groups (broad SMARTS) is 1. The molecule has 0 aliphatic heterocycles. The van der Waals surface area contributed by atoms with E-state index in [9.17, 15) is 14.0 Å². The van der Waals surface area contributed by atoms with Crippen LogP contribution in [-0.2, 0) is 16.0 Å². The van der Waals surface area contributed by atoms with E-state index in [1.807, 2.05) is 6.92 Å². The molecule has 0 unspecified atom stereocenters. The van der Waals surface area contributed by atoms with Gasteiger partial charge in [0.05, 0.1) is 13.5 Å². The predicted molar refractivity (Wildman–Crippen MR) is 75.7 cm³/mol. The maximum Gasteiger partial charge on any atom is 0.326 e. The SMILES string of the molecule is CC[C@H](C)[C@H](NC(=O)Cc1ccc(OC)c(F)c1)C(=O)O.